The topological polar surface area (TPSA) is 0 Å². The maximum atomic E-state index is 2.31. The first kappa shape index (κ1) is 5.87. The van der Waals surface area contributed by atoms with Gasteiger partial charge in [0.2, 0.25) is 0 Å². The Balaban J connectivity index is 2.27. The molecule has 0 aromatic carbocycles. The van der Waals surface area contributed by atoms with Gasteiger partial charge in [-0.2, -0.15) is 0 Å². The highest BCUT2D eigenvalue weighted by Crippen LogP contribution is 2.19. The Kier molecular flexibility index (Phi) is 2.13. The Hall–Kier alpha value is -0.260. The summed E-state index contributed by atoms with van der Waals surface area (Å²) >= 11 is 0. The van der Waals surface area contributed by atoms with Crippen LogP contribution in [0, 0.1) is 12.3 Å². The first-order chi connectivity index (χ1) is 3.93. The van der Waals surface area contributed by atoms with E-state index in [0.29, 0.717) is 0 Å². The van der Waals surface area contributed by atoms with Gasteiger partial charge >= 0.3 is 0 Å². The summed E-state index contributed by atoms with van der Waals surface area (Å²) in [6.07, 6.45) is 10.8. The smallest absolute Gasteiger partial charge is 0.0319 e. The molecular formula is C8H13. The van der Waals surface area contributed by atoms with Crippen molar-refractivity contribution in [1.29, 1.82) is 0 Å². The van der Waals surface area contributed by atoms with E-state index < -0.39 is 0 Å². The molecule has 0 aromatic heterocycles. The van der Waals surface area contributed by atoms with E-state index in [-0.39, 0.29) is 0 Å². The fourth-order valence-corrected chi connectivity index (χ4v) is 1.12. The van der Waals surface area contributed by atoms with E-state index >= 15 is 0 Å². The second-order valence-corrected chi connectivity index (χ2v) is 2.38. The molecule has 0 aromatic rings. The van der Waals surface area contributed by atoms with Gasteiger partial charge in [-0.3, -0.25) is 0 Å². The van der Waals surface area contributed by atoms with Gasteiger partial charge in [0.25, 0.3) is 0 Å². The molecule has 1 unspecified atom stereocenters. The quantitative estimate of drug-likeness (QED) is 0.454. The van der Waals surface area contributed by atoms with E-state index in [0.717, 1.165) is 5.92 Å². The average Bonchev–Trinajstić information content (AvgIpc) is 1.90. The Morgan fingerprint density at radius 3 is 2.75 bits per heavy atom. The predicted molar refractivity (Wildman–Crippen MR) is 36.5 cm³/mol. The molecule has 1 radical (unpaired) electrons. The van der Waals surface area contributed by atoms with E-state index in [1.807, 2.05) is 0 Å². The molecule has 0 amide bonds. The molecule has 1 rings (SSSR count). The molecule has 0 bridgehead atoms. The summed E-state index contributed by atoms with van der Waals surface area (Å²) in [6, 6.07) is 0. The normalized spacial score (nSPS) is 28.4. The van der Waals surface area contributed by atoms with Crippen LogP contribution < -0.4 is 0 Å². The Morgan fingerprint density at radius 1 is 1.50 bits per heavy atom. The van der Waals surface area contributed by atoms with Gasteiger partial charge in [0, 0.05) is 0 Å². The zero-order valence-electron chi connectivity index (χ0n) is 5.43. The highest BCUT2D eigenvalue weighted by Gasteiger charge is 2.05. The third-order valence-corrected chi connectivity index (χ3v) is 1.78. The van der Waals surface area contributed by atoms with E-state index in [2.05, 4.69) is 25.5 Å². The molecule has 0 fully saturated rings. The van der Waals surface area contributed by atoms with Crippen LogP contribution in [0.25, 0.3) is 0 Å². The zero-order chi connectivity index (χ0) is 5.82. The van der Waals surface area contributed by atoms with Gasteiger partial charge in [-0.1, -0.05) is 19.1 Å². The van der Waals surface area contributed by atoms with Gasteiger partial charge in [0.1, 0.15) is 0 Å². The molecule has 0 aliphatic heterocycles. The van der Waals surface area contributed by atoms with Crippen LogP contribution in [0.1, 0.15) is 26.2 Å². The molecule has 8 heavy (non-hydrogen) atoms. The minimum Gasteiger partial charge on any atom is -0.0885 e. The molecule has 0 saturated carbocycles. The van der Waals surface area contributed by atoms with Crippen LogP contribution >= 0.6 is 0 Å². The molecule has 0 N–H and O–H groups in total. The number of allylic oxidation sites excluding steroid dienone is 2. The lowest BCUT2D eigenvalue weighted by Crippen LogP contribution is -1.99. The molecule has 1 atom stereocenters. The molecule has 45 valence electrons. The SMILES string of the molecule is C[CH]C1CC=CCC1. The van der Waals surface area contributed by atoms with Crippen molar-refractivity contribution in [1.82, 2.24) is 0 Å². The molecular weight excluding hydrogens is 96.1 g/mol. The largest absolute Gasteiger partial charge is 0.0885 e. The monoisotopic (exact) mass is 109 g/mol. The van der Waals surface area contributed by atoms with Crippen molar-refractivity contribution in [3.63, 3.8) is 0 Å². The van der Waals surface area contributed by atoms with Gasteiger partial charge in [0.15, 0.2) is 0 Å². The van der Waals surface area contributed by atoms with Crippen LogP contribution in [-0.4, -0.2) is 0 Å². The summed E-state index contributed by atoms with van der Waals surface area (Å²) in [5, 5.41) is 0. The summed E-state index contributed by atoms with van der Waals surface area (Å²) in [6.45, 7) is 2.16. The van der Waals surface area contributed by atoms with Gasteiger partial charge in [0.05, 0.1) is 0 Å². The Labute approximate surface area is 51.6 Å². The maximum Gasteiger partial charge on any atom is -0.0319 e. The number of hydrogen-bond donors (Lipinski definition) is 0. The van der Waals surface area contributed by atoms with E-state index in [4.69, 9.17) is 0 Å². The molecule has 0 spiro atoms. The standard InChI is InChI=1S/C8H13/c1-2-8-6-4-3-5-7-8/h2-4,8H,5-7H2,1H3. The molecule has 1 aliphatic carbocycles. The fourth-order valence-electron chi connectivity index (χ4n) is 1.12. The van der Waals surface area contributed by atoms with E-state index in [9.17, 15) is 0 Å². The van der Waals surface area contributed by atoms with Crippen LogP contribution in [-0.2, 0) is 0 Å². The van der Waals surface area contributed by atoms with Crippen LogP contribution in [0.15, 0.2) is 12.2 Å². The Bertz CT molecular complexity index is 82.0. The lowest BCUT2D eigenvalue weighted by molar-refractivity contribution is 0.547. The summed E-state index contributed by atoms with van der Waals surface area (Å²) < 4.78 is 0. The highest BCUT2D eigenvalue weighted by molar-refractivity contribution is 4.93. The van der Waals surface area contributed by atoms with Crippen LogP contribution in [0.5, 0.6) is 0 Å². The molecule has 0 heteroatoms. The van der Waals surface area contributed by atoms with Gasteiger partial charge in [-0.15, -0.1) is 0 Å². The second kappa shape index (κ2) is 2.91. The lowest BCUT2D eigenvalue weighted by atomic mass is 9.92. The third-order valence-electron chi connectivity index (χ3n) is 1.78. The van der Waals surface area contributed by atoms with Crippen molar-refractivity contribution in [3.05, 3.63) is 18.6 Å². The minimum atomic E-state index is 0.875. The van der Waals surface area contributed by atoms with Crippen molar-refractivity contribution in [2.45, 2.75) is 26.2 Å². The van der Waals surface area contributed by atoms with E-state index in [1.165, 1.54) is 19.3 Å². The highest BCUT2D eigenvalue weighted by atomic mass is 14.1. The predicted octanol–water partition coefficient (Wildman–Crippen LogP) is 2.57. The number of hydrogen-bond acceptors (Lipinski definition) is 0. The van der Waals surface area contributed by atoms with Crippen LogP contribution in [0.2, 0.25) is 0 Å². The van der Waals surface area contributed by atoms with Crippen LogP contribution in [0.3, 0.4) is 0 Å². The first-order valence-electron chi connectivity index (χ1n) is 3.38. The van der Waals surface area contributed by atoms with E-state index in [1.54, 1.807) is 0 Å². The summed E-state index contributed by atoms with van der Waals surface area (Å²) in [5.41, 5.74) is 0. The van der Waals surface area contributed by atoms with Crippen molar-refractivity contribution >= 4 is 0 Å². The van der Waals surface area contributed by atoms with Gasteiger partial charge in [-0.25, -0.2) is 0 Å². The fraction of sp³-hybridized carbons (Fsp3) is 0.625. The average molecular weight is 109 g/mol. The third kappa shape index (κ3) is 1.36. The lowest BCUT2D eigenvalue weighted by Gasteiger charge is -2.13. The molecule has 0 heterocycles. The minimum absolute atomic E-state index is 0.875. The summed E-state index contributed by atoms with van der Waals surface area (Å²) in [4.78, 5) is 0. The van der Waals surface area contributed by atoms with Gasteiger partial charge < -0.3 is 0 Å². The first-order valence-corrected chi connectivity index (χ1v) is 3.38. The van der Waals surface area contributed by atoms with Crippen molar-refractivity contribution in [3.8, 4) is 0 Å². The number of rotatable bonds is 1. The molecule has 0 nitrogen and oxygen atoms in total. The van der Waals surface area contributed by atoms with Crippen molar-refractivity contribution in [2.24, 2.45) is 5.92 Å². The summed E-state index contributed by atoms with van der Waals surface area (Å²) in [7, 11) is 0. The summed E-state index contributed by atoms with van der Waals surface area (Å²) in [5.74, 6) is 0.875. The molecule has 0 saturated heterocycles. The van der Waals surface area contributed by atoms with Gasteiger partial charge in [-0.05, 0) is 31.6 Å². The van der Waals surface area contributed by atoms with Crippen LogP contribution in [0.4, 0.5) is 0 Å². The van der Waals surface area contributed by atoms with Crippen molar-refractivity contribution in [2.75, 3.05) is 0 Å². The second-order valence-electron chi connectivity index (χ2n) is 2.38. The maximum absolute atomic E-state index is 2.31. The Morgan fingerprint density at radius 2 is 2.38 bits per heavy atom. The molecule has 1 aliphatic rings. The zero-order valence-corrected chi connectivity index (χ0v) is 5.43. The van der Waals surface area contributed by atoms with Crippen molar-refractivity contribution < 1.29 is 0 Å².